The number of anilines is 2. The predicted octanol–water partition coefficient (Wildman–Crippen LogP) is 5.52. The van der Waals surface area contributed by atoms with Crippen LogP contribution in [0.1, 0.15) is 34.6 Å². The number of nitrogens with one attached hydrogen (secondary N) is 2. The van der Waals surface area contributed by atoms with Crippen LogP contribution in [0.15, 0.2) is 47.8 Å². The van der Waals surface area contributed by atoms with E-state index in [0.717, 1.165) is 10.4 Å². The average molecular weight is 473 g/mol. The Hall–Kier alpha value is -3.11. The molecule has 3 rings (SSSR count). The van der Waals surface area contributed by atoms with E-state index in [1.165, 1.54) is 35.4 Å². The van der Waals surface area contributed by atoms with Crippen LogP contribution < -0.4 is 15.4 Å². The Morgan fingerprint density at radius 2 is 1.97 bits per heavy atom. The zero-order valence-electron chi connectivity index (χ0n) is 17.9. The van der Waals surface area contributed by atoms with Crippen LogP contribution in [-0.4, -0.2) is 33.7 Å². The molecule has 0 fully saturated rings. The third kappa shape index (κ3) is 6.96. The van der Waals surface area contributed by atoms with Crippen LogP contribution in [0.4, 0.5) is 15.6 Å². The average Bonchev–Trinajstić information content (AvgIpc) is 3.19. The van der Waals surface area contributed by atoms with Gasteiger partial charge in [-0.1, -0.05) is 19.9 Å². The van der Waals surface area contributed by atoms with Crippen molar-refractivity contribution < 1.29 is 19.4 Å². The molecular formula is C22H24N4O4S2. The second-order valence-corrected chi connectivity index (χ2v) is 9.51. The molecule has 3 N–H and O–H groups in total. The van der Waals surface area contributed by atoms with Crippen LogP contribution in [0.25, 0.3) is 0 Å². The van der Waals surface area contributed by atoms with E-state index in [1.807, 2.05) is 25.1 Å². The Balaban J connectivity index is 1.55. The number of thiazole rings is 1. The highest BCUT2D eigenvalue weighted by atomic mass is 32.2. The topological polar surface area (TPSA) is 113 Å². The van der Waals surface area contributed by atoms with Gasteiger partial charge in [-0.2, -0.15) is 0 Å². The van der Waals surface area contributed by atoms with Crippen LogP contribution >= 0.6 is 23.1 Å². The Labute approximate surface area is 194 Å². The molecule has 0 aliphatic carbocycles. The Bertz CT molecular complexity index is 1080. The zero-order valence-corrected chi connectivity index (χ0v) is 19.5. The van der Waals surface area contributed by atoms with Gasteiger partial charge in [-0.15, -0.1) is 23.1 Å². The van der Waals surface area contributed by atoms with Gasteiger partial charge in [0.05, 0.1) is 22.9 Å². The molecule has 0 aliphatic heterocycles. The maximum absolute atomic E-state index is 12.5. The fourth-order valence-electron chi connectivity index (χ4n) is 2.53. The van der Waals surface area contributed by atoms with Gasteiger partial charge in [-0.05, 0) is 42.7 Å². The molecule has 0 radical (unpaired) electrons. The van der Waals surface area contributed by atoms with Gasteiger partial charge in [0.2, 0.25) is 0 Å². The maximum atomic E-state index is 12.5. The molecule has 10 heteroatoms. The lowest BCUT2D eigenvalue weighted by atomic mass is 10.2. The van der Waals surface area contributed by atoms with E-state index in [1.54, 1.807) is 12.3 Å². The number of hydrogen-bond acceptors (Lipinski definition) is 7. The standard InChI is InChI=1S/C22H24N4O4S2/c1-13(2)11-30-18-8-14(3)4-6-17(18)25-21(29)26-22-24-10-16(32-22)12-31-19-7-5-15(9-23-19)20(27)28/h4-10,13H,11-12H2,1-3H3,(H,27,28)(H2,24,25,26,29). The van der Waals surface area contributed by atoms with Crippen molar-refractivity contribution in [3.05, 3.63) is 58.7 Å². The normalized spacial score (nSPS) is 10.8. The number of rotatable bonds is 9. The molecule has 3 aromatic rings. The highest BCUT2D eigenvalue weighted by Crippen LogP contribution is 2.28. The molecule has 168 valence electrons. The van der Waals surface area contributed by atoms with Crippen molar-refractivity contribution in [2.45, 2.75) is 31.6 Å². The van der Waals surface area contributed by atoms with Crippen molar-refractivity contribution in [2.24, 2.45) is 5.92 Å². The van der Waals surface area contributed by atoms with E-state index in [-0.39, 0.29) is 5.56 Å². The Morgan fingerprint density at radius 3 is 2.66 bits per heavy atom. The molecule has 0 atom stereocenters. The quantitative estimate of drug-likeness (QED) is 0.352. The number of urea groups is 1. The van der Waals surface area contributed by atoms with Crippen LogP contribution in [0.2, 0.25) is 0 Å². The van der Waals surface area contributed by atoms with Gasteiger partial charge in [0.1, 0.15) is 5.75 Å². The van der Waals surface area contributed by atoms with Crippen molar-refractivity contribution in [1.29, 1.82) is 0 Å². The van der Waals surface area contributed by atoms with Crippen LogP contribution in [-0.2, 0) is 5.75 Å². The van der Waals surface area contributed by atoms with Gasteiger partial charge in [0, 0.05) is 23.0 Å². The molecule has 8 nitrogen and oxygen atoms in total. The highest BCUT2D eigenvalue weighted by Gasteiger charge is 2.12. The van der Waals surface area contributed by atoms with E-state index in [4.69, 9.17) is 9.84 Å². The molecule has 2 amide bonds. The predicted molar refractivity (Wildman–Crippen MR) is 127 cm³/mol. The summed E-state index contributed by atoms with van der Waals surface area (Å²) in [6.45, 7) is 6.66. The summed E-state index contributed by atoms with van der Waals surface area (Å²) in [6, 6.07) is 8.41. The van der Waals surface area contributed by atoms with Gasteiger partial charge in [-0.25, -0.2) is 19.6 Å². The maximum Gasteiger partial charge on any atom is 0.337 e. The molecule has 2 aromatic heterocycles. The number of aryl methyl sites for hydroxylation is 1. The summed E-state index contributed by atoms with van der Waals surface area (Å²) < 4.78 is 5.83. The summed E-state index contributed by atoms with van der Waals surface area (Å²) in [5.74, 6) is 0.598. The molecule has 0 saturated heterocycles. The van der Waals surface area contributed by atoms with Gasteiger partial charge < -0.3 is 15.2 Å². The number of hydrogen-bond donors (Lipinski definition) is 3. The number of amides is 2. The number of nitrogens with zero attached hydrogens (tertiary/aromatic N) is 2. The number of aromatic carboxylic acids is 1. The largest absolute Gasteiger partial charge is 0.491 e. The van der Waals surface area contributed by atoms with E-state index in [2.05, 4.69) is 34.4 Å². The summed E-state index contributed by atoms with van der Waals surface area (Å²) in [5, 5.41) is 15.7. The SMILES string of the molecule is Cc1ccc(NC(=O)Nc2ncc(CSc3ccc(C(=O)O)cn3)s2)c(OCC(C)C)c1. The summed E-state index contributed by atoms with van der Waals surface area (Å²) in [5.41, 5.74) is 1.79. The molecule has 0 aliphatic rings. The first-order chi connectivity index (χ1) is 15.3. The number of thioether (sulfide) groups is 1. The molecule has 2 heterocycles. The lowest BCUT2D eigenvalue weighted by Gasteiger charge is -2.14. The van der Waals surface area contributed by atoms with E-state index < -0.39 is 12.0 Å². The highest BCUT2D eigenvalue weighted by molar-refractivity contribution is 7.98. The van der Waals surface area contributed by atoms with Gasteiger partial charge in [0.15, 0.2) is 5.13 Å². The van der Waals surface area contributed by atoms with Crippen LogP contribution in [0.5, 0.6) is 5.75 Å². The van der Waals surface area contributed by atoms with Crippen LogP contribution in [0, 0.1) is 12.8 Å². The molecule has 0 saturated carbocycles. The molecule has 0 unspecified atom stereocenters. The fraction of sp³-hybridized carbons (Fsp3) is 0.273. The van der Waals surface area contributed by atoms with Gasteiger partial charge in [-0.3, -0.25) is 5.32 Å². The lowest BCUT2D eigenvalue weighted by Crippen LogP contribution is -2.20. The molecule has 1 aromatic carbocycles. The number of ether oxygens (including phenoxy) is 1. The number of aromatic nitrogens is 2. The van der Waals surface area contributed by atoms with Crippen molar-refractivity contribution in [2.75, 3.05) is 17.2 Å². The van der Waals surface area contributed by atoms with E-state index in [9.17, 15) is 9.59 Å². The molecule has 0 bridgehead atoms. The van der Waals surface area contributed by atoms with Crippen molar-refractivity contribution in [3.63, 3.8) is 0 Å². The number of carbonyl (C=O) groups excluding carboxylic acids is 1. The summed E-state index contributed by atoms with van der Waals surface area (Å²) >= 11 is 2.82. The fourth-order valence-corrected chi connectivity index (χ4v) is 4.20. The number of benzene rings is 1. The third-order valence-electron chi connectivity index (χ3n) is 4.08. The smallest absolute Gasteiger partial charge is 0.337 e. The van der Waals surface area contributed by atoms with Gasteiger partial charge in [0.25, 0.3) is 0 Å². The summed E-state index contributed by atoms with van der Waals surface area (Å²) in [4.78, 5) is 32.7. The minimum absolute atomic E-state index is 0.149. The van der Waals surface area contributed by atoms with Crippen molar-refractivity contribution in [3.8, 4) is 5.75 Å². The van der Waals surface area contributed by atoms with Crippen molar-refractivity contribution >= 4 is 45.9 Å². The molecule has 0 spiro atoms. The first-order valence-corrected chi connectivity index (χ1v) is 11.7. The second-order valence-electron chi connectivity index (χ2n) is 7.39. The Morgan fingerprint density at radius 1 is 1.16 bits per heavy atom. The number of carboxylic acids is 1. The number of carboxylic acid groups (broad SMARTS) is 1. The van der Waals surface area contributed by atoms with Crippen molar-refractivity contribution in [1.82, 2.24) is 9.97 Å². The zero-order chi connectivity index (χ0) is 23.1. The molecule has 32 heavy (non-hydrogen) atoms. The van der Waals surface area contributed by atoms with Gasteiger partial charge >= 0.3 is 12.0 Å². The number of pyridine rings is 1. The minimum Gasteiger partial charge on any atom is -0.491 e. The summed E-state index contributed by atoms with van der Waals surface area (Å²) in [6.07, 6.45) is 3.03. The van der Waals surface area contributed by atoms with E-state index in [0.29, 0.717) is 39.9 Å². The Kier molecular flexibility index (Phi) is 8.07. The van der Waals surface area contributed by atoms with Crippen LogP contribution in [0.3, 0.4) is 0 Å². The second kappa shape index (κ2) is 11.0. The monoisotopic (exact) mass is 472 g/mol. The molecular weight excluding hydrogens is 448 g/mol. The third-order valence-corrected chi connectivity index (χ3v) is 6.17. The number of carbonyl (C=O) groups is 2. The summed E-state index contributed by atoms with van der Waals surface area (Å²) in [7, 11) is 0. The first-order valence-electron chi connectivity index (χ1n) is 9.88. The minimum atomic E-state index is -1.00. The first kappa shape index (κ1) is 23.6. The van der Waals surface area contributed by atoms with E-state index >= 15 is 0 Å². The lowest BCUT2D eigenvalue weighted by molar-refractivity contribution is 0.0696.